The van der Waals surface area contributed by atoms with E-state index in [0.717, 1.165) is 24.5 Å². The predicted molar refractivity (Wildman–Crippen MR) is 68.6 cm³/mol. The van der Waals surface area contributed by atoms with Gasteiger partial charge in [0.15, 0.2) is 0 Å². The van der Waals surface area contributed by atoms with Gasteiger partial charge in [0.05, 0.1) is 6.54 Å². The zero-order valence-corrected chi connectivity index (χ0v) is 10.1. The maximum Gasteiger partial charge on any atom is 0.307 e. The molecular weight excluding hydrogens is 244 g/mol. The van der Waals surface area contributed by atoms with E-state index in [9.17, 15) is 0 Å². The van der Waals surface area contributed by atoms with Gasteiger partial charge in [-0.2, -0.15) is 0 Å². The van der Waals surface area contributed by atoms with Gasteiger partial charge in [0.1, 0.15) is 6.54 Å². The van der Waals surface area contributed by atoms with Crippen molar-refractivity contribution in [3.05, 3.63) is 34.9 Å². The number of thiocarbonyl (C=S) groups is 1. The van der Waals surface area contributed by atoms with E-state index in [2.05, 4.69) is 10.7 Å². The van der Waals surface area contributed by atoms with Gasteiger partial charge in [0.25, 0.3) is 0 Å². The van der Waals surface area contributed by atoms with Crippen molar-refractivity contribution in [2.75, 3.05) is 13.1 Å². The van der Waals surface area contributed by atoms with E-state index in [0.29, 0.717) is 10.1 Å². The van der Waals surface area contributed by atoms with Gasteiger partial charge >= 0.3 is 5.11 Å². The molecule has 0 atom stereocenters. The van der Waals surface area contributed by atoms with Gasteiger partial charge in [-0.25, -0.2) is 15.8 Å². The Kier molecular flexibility index (Phi) is 3.38. The molecule has 1 aromatic carbocycles. The molecule has 0 saturated heterocycles. The molecule has 6 heteroatoms. The summed E-state index contributed by atoms with van der Waals surface area (Å²) >= 11 is 11.1. The Hall–Kier alpha value is -1.17. The van der Waals surface area contributed by atoms with Crippen molar-refractivity contribution < 1.29 is 4.58 Å². The molecule has 0 aromatic heterocycles. The van der Waals surface area contributed by atoms with Crippen LogP contribution >= 0.6 is 23.8 Å². The molecule has 0 amide bonds. The number of nitrogens with one attached hydrogen (secondary N) is 2. The van der Waals surface area contributed by atoms with Crippen LogP contribution in [0.5, 0.6) is 0 Å². The summed E-state index contributed by atoms with van der Waals surface area (Å²) in [6.07, 6.45) is 0. The molecule has 1 heterocycles. The van der Waals surface area contributed by atoms with Crippen molar-refractivity contribution in [1.82, 2.24) is 10.7 Å². The fourth-order valence-corrected chi connectivity index (χ4v) is 2.04. The number of hydrogen-bond acceptors (Lipinski definition) is 3. The third-order valence-electron chi connectivity index (χ3n) is 2.36. The molecule has 0 saturated carbocycles. The highest BCUT2D eigenvalue weighted by Crippen LogP contribution is 2.12. The van der Waals surface area contributed by atoms with Gasteiger partial charge in [0.2, 0.25) is 5.84 Å². The molecule has 0 fully saturated rings. The SMILES string of the molecule is NNC(=S)[N+]1=C(c2cccc(Cl)c2)NCC1. The number of halogens is 1. The van der Waals surface area contributed by atoms with Crippen LogP contribution in [-0.4, -0.2) is 28.6 Å². The molecule has 0 bridgehead atoms. The fraction of sp³-hybridized carbons (Fsp3) is 0.200. The van der Waals surface area contributed by atoms with Gasteiger partial charge in [-0.3, -0.25) is 0 Å². The third kappa shape index (κ3) is 2.16. The maximum atomic E-state index is 5.95. The summed E-state index contributed by atoms with van der Waals surface area (Å²) in [6.45, 7) is 1.63. The van der Waals surface area contributed by atoms with E-state index in [1.165, 1.54) is 0 Å². The summed E-state index contributed by atoms with van der Waals surface area (Å²) in [5.41, 5.74) is 3.49. The Bertz CT molecular complexity index is 458. The lowest BCUT2D eigenvalue weighted by Crippen LogP contribution is -2.39. The van der Waals surface area contributed by atoms with Crippen molar-refractivity contribution in [1.29, 1.82) is 0 Å². The third-order valence-corrected chi connectivity index (χ3v) is 2.94. The van der Waals surface area contributed by atoms with Gasteiger partial charge in [0, 0.05) is 10.6 Å². The highest BCUT2D eigenvalue weighted by molar-refractivity contribution is 7.79. The zero-order valence-electron chi connectivity index (χ0n) is 8.53. The molecule has 1 aromatic rings. The monoisotopic (exact) mass is 255 g/mol. The Morgan fingerprint density at radius 3 is 3.06 bits per heavy atom. The Morgan fingerprint density at radius 1 is 1.56 bits per heavy atom. The molecule has 0 aliphatic carbocycles. The van der Waals surface area contributed by atoms with Crippen LogP contribution < -0.4 is 16.6 Å². The normalized spacial score (nSPS) is 14.9. The molecule has 2 rings (SSSR count). The standard InChI is InChI=1S/C10H11ClN4S/c11-8-3-1-2-7(6-8)9-13-4-5-15(9)10(16)14-12/h1-3,6H,4-5,12H2,(H,14,16)/p+1. The van der Waals surface area contributed by atoms with E-state index < -0.39 is 0 Å². The van der Waals surface area contributed by atoms with Crippen LogP contribution in [0.1, 0.15) is 5.56 Å². The summed E-state index contributed by atoms with van der Waals surface area (Å²) in [4.78, 5) is 0. The zero-order chi connectivity index (χ0) is 11.5. The van der Waals surface area contributed by atoms with Gasteiger partial charge in [-0.05, 0) is 30.4 Å². The number of hydrazine groups is 1. The first kappa shape index (κ1) is 11.3. The molecule has 16 heavy (non-hydrogen) atoms. The first-order chi connectivity index (χ1) is 7.72. The number of amidine groups is 1. The topological polar surface area (TPSA) is 53.1 Å². The van der Waals surface area contributed by atoms with Gasteiger partial charge < -0.3 is 5.32 Å². The first-order valence-corrected chi connectivity index (χ1v) is 5.66. The highest BCUT2D eigenvalue weighted by atomic mass is 35.5. The number of rotatable bonds is 1. The van der Waals surface area contributed by atoms with E-state index in [-0.39, 0.29) is 0 Å². The number of nitrogens with two attached hydrogens (primary N) is 1. The lowest BCUT2D eigenvalue weighted by molar-refractivity contribution is -0.395. The van der Waals surface area contributed by atoms with Crippen molar-refractivity contribution in [3.8, 4) is 0 Å². The molecule has 4 N–H and O–H groups in total. The molecule has 1 aliphatic heterocycles. The minimum Gasteiger partial charge on any atom is -0.302 e. The quantitative estimate of drug-likeness (QED) is 0.295. The fourth-order valence-electron chi connectivity index (χ4n) is 1.67. The van der Waals surface area contributed by atoms with E-state index >= 15 is 0 Å². The van der Waals surface area contributed by atoms with Gasteiger partial charge in [-0.1, -0.05) is 17.7 Å². The van der Waals surface area contributed by atoms with Crippen molar-refractivity contribution in [2.45, 2.75) is 0 Å². The maximum absolute atomic E-state index is 5.95. The van der Waals surface area contributed by atoms with Crippen LogP contribution in [0.15, 0.2) is 24.3 Å². The minimum atomic E-state index is 0.500. The van der Waals surface area contributed by atoms with Crippen LogP contribution in [0, 0.1) is 0 Å². The second-order valence-corrected chi connectivity index (χ2v) is 4.21. The number of benzene rings is 1. The van der Waals surface area contributed by atoms with Crippen molar-refractivity contribution >= 4 is 34.8 Å². The molecule has 4 nitrogen and oxygen atoms in total. The highest BCUT2D eigenvalue weighted by Gasteiger charge is 2.23. The van der Waals surface area contributed by atoms with E-state index in [1.54, 1.807) is 0 Å². The largest absolute Gasteiger partial charge is 0.307 e. The number of hydrogen-bond donors (Lipinski definition) is 3. The average molecular weight is 256 g/mol. The molecular formula is C10H12ClN4S+. The van der Waals surface area contributed by atoms with Crippen LogP contribution in [0.2, 0.25) is 5.02 Å². The minimum absolute atomic E-state index is 0.500. The number of nitrogens with zero attached hydrogens (tertiary/aromatic N) is 1. The summed E-state index contributed by atoms with van der Waals surface area (Å²) in [5.74, 6) is 6.26. The van der Waals surface area contributed by atoms with E-state index in [1.807, 2.05) is 28.8 Å². The molecule has 0 unspecified atom stereocenters. The molecule has 84 valence electrons. The average Bonchev–Trinajstić information content (AvgIpc) is 2.77. The Balaban J connectivity index is 2.42. The summed E-state index contributed by atoms with van der Waals surface area (Å²) in [5, 5.41) is 4.47. The van der Waals surface area contributed by atoms with E-state index in [4.69, 9.17) is 29.7 Å². The van der Waals surface area contributed by atoms with Crippen LogP contribution in [0.25, 0.3) is 0 Å². The molecule has 0 spiro atoms. The smallest absolute Gasteiger partial charge is 0.302 e. The second-order valence-electron chi connectivity index (χ2n) is 3.39. The summed E-state index contributed by atoms with van der Waals surface area (Å²) in [6, 6.07) is 7.61. The summed E-state index contributed by atoms with van der Waals surface area (Å²) in [7, 11) is 0. The molecule has 0 radical (unpaired) electrons. The van der Waals surface area contributed by atoms with Crippen LogP contribution in [0.4, 0.5) is 0 Å². The van der Waals surface area contributed by atoms with Crippen LogP contribution in [0.3, 0.4) is 0 Å². The van der Waals surface area contributed by atoms with Crippen molar-refractivity contribution in [2.24, 2.45) is 5.84 Å². The first-order valence-electron chi connectivity index (χ1n) is 4.87. The lowest BCUT2D eigenvalue weighted by Gasteiger charge is -2.04. The Labute approximate surface area is 104 Å². The van der Waals surface area contributed by atoms with Gasteiger partial charge in [-0.15, -0.1) is 0 Å². The second kappa shape index (κ2) is 4.78. The van der Waals surface area contributed by atoms with Crippen molar-refractivity contribution in [3.63, 3.8) is 0 Å². The predicted octanol–water partition coefficient (Wildman–Crippen LogP) is 0.450. The summed E-state index contributed by atoms with van der Waals surface area (Å²) < 4.78 is 1.92. The van der Waals surface area contributed by atoms with Crippen LogP contribution in [-0.2, 0) is 0 Å². The lowest BCUT2D eigenvalue weighted by atomic mass is 10.2. The molecule has 1 aliphatic rings. The Morgan fingerprint density at radius 2 is 2.38 bits per heavy atom.